The van der Waals surface area contributed by atoms with Crippen LogP contribution in [0.4, 0.5) is 13.2 Å². The highest BCUT2D eigenvalue weighted by atomic mass is 32.2. The van der Waals surface area contributed by atoms with Crippen molar-refractivity contribution in [1.29, 1.82) is 0 Å². The second-order valence-electron chi connectivity index (χ2n) is 7.78. The van der Waals surface area contributed by atoms with E-state index in [1.807, 2.05) is 0 Å². The second-order valence-corrected chi connectivity index (χ2v) is 9.28. The molecule has 0 radical (unpaired) electrons. The molecule has 0 aromatic carbocycles. The molecule has 1 atom stereocenters. The summed E-state index contributed by atoms with van der Waals surface area (Å²) in [6.07, 6.45) is 3.04. The molecule has 0 spiro atoms. The monoisotopic (exact) mass is 370 g/mol. The first-order valence-corrected chi connectivity index (χ1v) is 9.59. The maximum absolute atomic E-state index is 13.4. The summed E-state index contributed by atoms with van der Waals surface area (Å²) in [5.74, 6) is 1.01. The van der Waals surface area contributed by atoms with Gasteiger partial charge in [-0.1, -0.05) is 0 Å². The van der Waals surface area contributed by atoms with E-state index < -0.39 is 34.1 Å². The fraction of sp³-hybridized carbons (Fsp3) is 0.933. The van der Waals surface area contributed by atoms with Gasteiger partial charge in [-0.2, -0.15) is 17.2 Å². The van der Waals surface area contributed by atoms with Gasteiger partial charge in [-0.05, 0) is 61.7 Å². The van der Waals surface area contributed by atoms with Crippen LogP contribution in [0.15, 0.2) is 0 Å². The standard InChI is InChI=1S/C15H21F3O5S/c16-12(15(17,18)24(20,21)22)8-23-13(19)7-14-4-9-1-10(5-14)3-11(2-9)6-14/h9-12H,1-8H2,(H,20,21,22). The largest absolute Gasteiger partial charge is 0.462 e. The van der Waals surface area contributed by atoms with Crippen LogP contribution in [-0.4, -0.2) is 37.0 Å². The molecule has 4 fully saturated rings. The average molecular weight is 370 g/mol. The maximum atomic E-state index is 13.4. The minimum Gasteiger partial charge on any atom is -0.462 e. The van der Waals surface area contributed by atoms with Crippen molar-refractivity contribution in [3.63, 3.8) is 0 Å². The lowest BCUT2D eigenvalue weighted by molar-refractivity contribution is -0.156. The van der Waals surface area contributed by atoms with Gasteiger partial charge in [0.05, 0.1) is 6.42 Å². The highest BCUT2D eigenvalue weighted by Crippen LogP contribution is 2.61. The Labute approximate surface area is 138 Å². The van der Waals surface area contributed by atoms with Crippen molar-refractivity contribution in [2.24, 2.45) is 23.2 Å². The van der Waals surface area contributed by atoms with Crippen LogP contribution in [-0.2, 0) is 19.6 Å². The number of carbonyl (C=O) groups excluding carboxylic acids is 1. The van der Waals surface area contributed by atoms with Gasteiger partial charge in [0.25, 0.3) is 0 Å². The minimum absolute atomic E-state index is 0.0562. The number of rotatable bonds is 6. The molecule has 4 aliphatic carbocycles. The fourth-order valence-corrected chi connectivity index (χ4v) is 5.68. The van der Waals surface area contributed by atoms with E-state index in [1.54, 1.807) is 0 Å². The first kappa shape index (κ1) is 18.0. The third kappa shape index (κ3) is 3.29. The quantitative estimate of drug-likeness (QED) is 0.574. The number of esters is 1. The molecule has 1 unspecified atom stereocenters. The second kappa shape index (κ2) is 5.86. The van der Waals surface area contributed by atoms with E-state index in [2.05, 4.69) is 4.74 Å². The van der Waals surface area contributed by atoms with Crippen molar-refractivity contribution >= 4 is 16.1 Å². The van der Waals surface area contributed by atoms with Gasteiger partial charge in [0.2, 0.25) is 6.17 Å². The zero-order valence-electron chi connectivity index (χ0n) is 13.1. The summed E-state index contributed by atoms with van der Waals surface area (Å²) < 4.78 is 73.4. The van der Waals surface area contributed by atoms with Gasteiger partial charge in [-0.3, -0.25) is 9.35 Å². The number of ether oxygens (including phenoxy) is 1. The third-order valence-corrected chi connectivity index (χ3v) is 6.73. The molecule has 0 amide bonds. The molecule has 0 aliphatic heterocycles. The molecule has 0 aromatic rings. The summed E-state index contributed by atoms with van der Waals surface area (Å²) in [4.78, 5) is 12.0. The van der Waals surface area contributed by atoms with Crippen LogP contribution in [0.5, 0.6) is 0 Å². The lowest BCUT2D eigenvalue weighted by atomic mass is 9.49. The number of carbonyl (C=O) groups is 1. The number of alkyl halides is 3. The van der Waals surface area contributed by atoms with Crippen molar-refractivity contribution in [3.8, 4) is 0 Å². The number of hydrogen-bond donors (Lipinski definition) is 1. The summed E-state index contributed by atoms with van der Waals surface area (Å²) in [5, 5.41) is -4.99. The van der Waals surface area contributed by atoms with E-state index in [0.29, 0.717) is 17.8 Å². The molecule has 4 aliphatic rings. The molecule has 0 aromatic heterocycles. The Kier molecular flexibility index (Phi) is 4.39. The van der Waals surface area contributed by atoms with Crippen LogP contribution in [0.1, 0.15) is 44.9 Å². The molecular formula is C15H21F3O5S. The van der Waals surface area contributed by atoms with E-state index in [4.69, 9.17) is 4.55 Å². The molecule has 4 saturated carbocycles. The highest BCUT2D eigenvalue weighted by Gasteiger charge is 2.54. The normalized spacial score (nSPS) is 36.6. The number of hydrogen-bond acceptors (Lipinski definition) is 4. The molecule has 138 valence electrons. The van der Waals surface area contributed by atoms with Gasteiger partial charge in [-0.15, -0.1) is 0 Å². The van der Waals surface area contributed by atoms with E-state index in [0.717, 1.165) is 19.3 Å². The van der Waals surface area contributed by atoms with Crippen LogP contribution >= 0.6 is 0 Å². The Morgan fingerprint density at radius 2 is 1.62 bits per heavy atom. The van der Waals surface area contributed by atoms with Gasteiger partial charge in [0.1, 0.15) is 6.61 Å². The Balaban J connectivity index is 1.55. The van der Waals surface area contributed by atoms with Crippen LogP contribution in [0, 0.1) is 23.2 Å². The van der Waals surface area contributed by atoms with Gasteiger partial charge >= 0.3 is 21.3 Å². The zero-order chi connectivity index (χ0) is 17.8. The molecule has 24 heavy (non-hydrogen) atoms. The van der Waals surface area contributed by atoms with E-state index >= 15 is 0 Å². The summed E-state index contributed by atoms with van der Waals surface area (Å²) in [6, 6.07) is 0. The van der Waals surface area contributed by atoms with E-state index in [-0.39, 0.29) is 11.8 Å². The van der Waals surface area contributed by atoms with Crippen molar-refractivity contribution < 1.29 is 35.7 Å². The highest BCUT2D eigenvalue weighted by molar-refractivity contribution is 7.86. The lowest BCUT2D eigenvalue weighted by Crippen LogP contribution is -2.47. The predicted molar refractivity (Wildman–Crippen MR) is 77.6 cm³/mol. The molecular weight excluding hydrogens is 349 g/mol. The smallest absolute Gasteiger partial charge is 0.403 e. The van der Waals surface area contributed by atoms with Gasteiger partial charge in [0.15, 0.2) is 0 Å². The first-order valence-electron chi connectivity index (χ1n) is 8.15. The molecule has 1 N–H and O–H groups in total. The Bertz CT molecular complexity index is 583. The van der Waals surface area contributed by atoms with E-state index in [1.165, 1.54) is 19.3 Å². The third-order valence-electron chi connectivity index (χ3n) is 5.78. The maximum Gasteiger partial charge on any atom is 0.403 e. The zero-order valence-corrected chi connectivity index (χ0v) is 13.9. The first-order chi connectivity index (χ1) is 11.0. The summed E-state index contributed by atoms with van der Waals surface area (Å²) >= 11 is 0. The topological polar surface area (TPSA) is 80.7 Å². The summed E-state index contributed by atoms with van der Waals surface area (Å²) in [5.41, 5.74) is -0.177. The Morgan fingerprint density at radius 3 is 2.04 bits per heavy atom. The molecule has 0 saturated heterocycles. The molecule has 4 rings (SSSR count). The molecule has 0 heterocycles. The van der Waals surface area contributed by atoms with Crippen molar-refractivity contribution in [1.82, 2.24) is 0 Å². The Morgan fingerprint density at radius 1 is 1.17 bits per heavy atom. The van der Waals surface area contributed by atoms with Crippen LogP contribution in [0.3, 0.4) is 0 Å². The summed E-state index contributed by atoms with van der Waals surface area (Å²) in [7, 11) is -5.89. The van der Waals surface area contributed by atoms with Crippen molar-refractivity contribution in [2.75, 3.05) is 6.61 Å². The Hall–Kier alpha value is -0.830. The van der Waals surface area contributed by atoms with Gasteiger partial charge < -0.3 is 4.74 Å². The minimum atomic E-state index is -5.89. The number of halogens is 3. The molecule has 4 bridgehead atoms. The SMILES string of the molecule is O=C(CC12CC3CC(CC(C3)C1)C2)OCC(F)C(F)(F)S(=O)(=O)O. The fourth-order valence-electron chi connectivity index (χ4n) is 5.29. The van der Waals surface area contributed by atoms with Crippen molar-refractivity contribution in [2.45, 2.75) is 56.4 Å². The molecule has 9 heteroatoms. The van der Waals surface area contributed by atoms with E-state index in [9.17, 15) is 26.4 Å². The van der Waals surface area contributed by atoms with Crippen LogP contribution in [0.2, 0.25) is 0 Å². The lowest BCUT2D eigenvalue weighted by Gasteiger charge is -2.56. The predicted octanol–water partition coefficient (Wildman–Crippen LogP) is 2.95. The molecule has 5 nitrogen and oxygen atoms in total. The van der Waals surface area contributed by atoms with Gasteiger partial charge in [0, 0.05) is 0 Å². The van der Waals surface area contributed by atoms with Crippen LogP contribution < -0.4 is 0 Å². The van der Waals surface area contributed by atoms with Crippen LogP contribution in [0.25, 0.3) is 0 Å². The van der Waals surface area contributed by atoms with Gasteiger partial charge in [-0.25, -0.2) is 4.39 Å². The van der Waals surface area contributed by atoms with Crippen molar-refractivity contribution in [3.05, 3.63) is 0 Å². The average Bonchev–Trinajstić information content (AvgIpc) is 2.41. The summed E-state index contributed by atoms with van der Waals surface area (Å²) in [6.45, 7) is -1.39.